The molecule has 2 N–H and O–H groups in total. The van der Waals surface area contributed by atoms with Crippen LogP contribution in [0.3, 0.4) is 0 Å². The second-order valence-corrected chi connectivity index (χ2v) is 12.7. The van der Waals surface area contributed by atoms with Crippen LogP contribution in [0, 0.1) is 17.8 Å². The summed E-state index contributed by atoms with van der Waals surface area (Å²) in [5.41, 5.74) is 2.03. The summed E-state index contributed by atoms with van der Waals surface area (Å²) in [6.07, 6.45) is 16.9. The number of nitrogens with one attached hydrogen (secondary N) is 2. The third kappa shape index (κ3) is 4.52. The van der Waals surface area contributed by atoms with Crippen molar-refractivity contribution in [3.05, 3.63) is 28.3 Å². The first-order chi connectivity index (χ1) is 17.0. The summed E-state index contributed by atoms with van der Waals surface area (Å²) in [6.45, 7) is 2.22. The van der Waals surface area contributed by atoms with Crippen molar-refractivity contribution in [2.24, 2.45) is 17.8 Å². The lowest BCUT2D eigenvalue weighted by molar-refractivity contribution is -0.0492. The number of hydrogen-bond donors (Lipinski definition) is 2. The predicted octanol–water partition coefficient (Wildman–Crippen LogP) is 6.51. The molecular weight excluding hydrogens is 476 g/mol. The molecule has 6 nitrogen and oxygen atoms in total. The molecule has 2 heterocycles. The summed E-state index contributed by atoms with van der Waals surface area (Å²) in [4.78, 5) is 14.2. The van der Waals surface area contributed by atoms with Gasteiger partial charge in [-0.05, 0) is 107 Å². The van der Waals surface area contributed by atoms with E-state index in [1.807, 2.05) is 13.0 Å². The third-order valence-electron chi connectivity index (χ3n) is 8.70. The van der Waals surface area contributed by atoms with Crippen LogP contribution >= 0.6 is 23.6 Å². The monoisotopic (exact) mass is 512 g/mol. The topological polar surface area (TPSA) is 68.2 Å². The molecule has 0 aliphatic heterocycles. The lowest BCUT2D eigenvalue weighted by Gasteiger charge is -2.56. The predicted molar refractivity (Wildman–Crippen MR) is 144 cm³/mol. The summed E-state index contributed by atoms with van der Waals surface area (Å²) < 4.78 is 7.67. The van der Waals surface area contributed by atoms with E-state index in [1.165, 1.54) is 62.7 Å². The van der Waals surface area contributed by atoms with E-state index < -0.39 is 0 Å². The Labute approximate surface area is 217 Å². The highest BCUT2D eigenvalue weighted by Gasteiger charge is 2.52. The molecule has 35 heavy (non-hydrogen) atoms. The van der Waals surface area contributed by atoms with Gasteiger partial charge in [-0.2, -0.15) is 5.10 Å². The Bertz CT molecular complexity index is 1090. The lowest BCUT2D eigenvalue weighted by atomic mass is 9.53. The summed E-state index contributed by atoms with van der Waals surface area (Å²) >= 11 is 7.34. The number of aromatic nitrogens is 2. The fraction of sp³-hybridized carbons (Fsp3) is 0.667. The minimum atomic E-state index is -0.248. The average molecular weight is 513 g/mol. The molecule has 7 rings (SSSR count). The highest BCUT2D eigenvalue weighted by atomic mass is 32.1. The van der Waals surface area contributed by atoms with E-state index in [2.05, 4.69) is 21.5 Å². The van der Waals surface area contributed by atoms with E-state index in [0.29, 0.717) is 17.3 Å². The number of ether oxygens (including phenoxy) is 1. The quantitative estimate of drug-likeness (QED) is 0.351. The van der Waals surface area contributed by atoms with E-state index in [1.54, 1.807) is 11.3 Å². The van der Waals surface area contributed by atoms with E-state index in [-0.39, 0.29) is 11.5 Å². The molecule has 4 saturated carbocycles. The Balaban J connectivity index is 1.19. The SMILES string of the molecule is CCOC(=O)c1c(NC(=S)Nc2ccn(C34CC5CC(CC(C5)C3)C4)n2)sc2c1CCCCCC2. The molecule has 2 aromatic rings. The van der Waals surface area contributed by atoms with Gasteiger partial charge in [0.2, 0.25) is 0 Å². The van der Waals surface area contributed by atoms with Crippen LogP contribution in [0.1, 0.15) is 91.9 Å². The van der Waals surface area contributed by atoms with Crippen LogP contribution in [-0.4, -0.2) is 27.5 Å². The number of thiophene rings is 1. The zero-order valence-electron chi connectivity index (χ0n) is 20.6. The fourth-order valence-electron chi connectivity index (χ4n) is 7.68. The van der Waals surface area contributed by atoms with Gasteiger partial charge in [-0.25, -0.2) is 4.79 Å². The van der Waals surface area contributed by atoms with Crippen molar-refractivity contribution in [3.63, 3.8) is 0 Å². The second kappa shape index (κ2) is 9.51. The van der Waals surface area contributed by atoms with Crippen LogP contribution in [0.5, 0.6) is 0 Å². The molecule has 188 valence electrons. The molecule has 0 amide bonds. The van der Waals surface area contributed by atoms with Crippen molar-refractivity contribution >= 4 is 45.5 Å². The number of nitrogens with zero attached hydrogens (tertiary/aromatic N) is 2. The van der Waals surface area contributed by atoms with Crippen LogP contribution in [0.15, 0.2) is 12.3 Å². The maximum atomic E-state index is 12.9. The number of fused-ring (bicyclic) bond motifs is 1. The van der Waals surface area contributed by atoms with Crippen molar-refractivity contribution in [3.8, 4) is 0 Å². The Kier molecular flexibility index (Phi) is 6.37. The van der Waals surface area contributed by atoms with Crippen molar-refractivity contribution in [2.75, 3.05) is 17.2 Å². The van der Waals surface area contributed by atoms with Gasteiger partial charge in [-0.15, -0.1) is 11.3 Å². The van der Waals surface area contributed by atoms with Crippen LogP contribution < -0.4 is 10.6 Å². The molecule has 2 aromatic heterocycles. The Morgan fingerprint density at radius 2 is 1.80 bits per heavy atom. The van der Waals surface area contributed by atoms with Gasteiger partial charge in [-0.3, -0.25) is 4.68 Å². The lowest BCUT2D eigenvalue weighted by Crippen LogP contribution is -2.52. The van der Waals surface area contributed by atoms with Gasteiger partial charge >= 0.3 is 5.97 Å². The molecule has 4 fully saturated rings. The molecule has 0 unspecified atom stereocenters. The van der Waals surface area contributed by atoms with Crippen molar-refractivity contribution < 1.29 is 9.53 Å². The number of thiocarbonyl (C=S) groups is 1. The van der Waals surface area contributed by atoms with Gasteiger partial charge in [0.25, 0.3) is 0 Å². The summed E-state index contributed by atoms with van der Waals surface area (Å²) in [7, 11) is 0. The first kappa shape index (κ1) is 23.5. The fourth-order valence-corrected chi connectivity index (χ4v) is 9.23. The summed E-state index contributed by atoms with van der Waals surface area (Å²) in [5.74, 6) is 3.16. The average Bonchev–Trinajstić information content (AvgIpc) is 3.38. The molecule has 0 radical (unpaired) electrons. The molecule has 0 aromatic carbocycles. The number of carbonyl (C=O) groups is 1. The molecule has 5 aliphatic rings. The Morgan fingerprint density at radius 1 is 1.11 bits per heavy atom. The standard InChI is InChI=1S/C27H36N4O2S2/c1-2-33-25(32)23-20-7-5-3-4-6-8-21(20)35-24(23)29-26(34)28-22-9-10-31(30-22)27-14-17-11-18(15-27)13-19(12-17)16-27/h9-10,17-19H,2-8,11-16H2,1H3,(H2,28,29,30,34). The first-order valence-corrected chi connectivity index (χ1v) is 14.7. The van der Waals surface area contributed by atoms with Crippen molar-refractivity contribution in [1.29, 1.82) is 0 Å². The van der Waals surface area contributed by atoms with Gasteiger partial charge in [0.1, 0.15) is 5.00 Å². The van der Waals surface area contributed by atoms with Crippen molar-refractivity contribution in [2.45, 2.75) is 89.5 Å². The maximum absolute atomic E-state index is 12.9. The summed E-state index contributed by atoms with van der Waals surface area (Å²) in [5, 5.41) is 12.8. The Hall–Kier alpha value is -1.93. The molecular formula is C27H36N4O2S2. The van der Waals surface area contributed by atoms with E-state index in [4.69, 9.17) is 22.1 Å². The van der Waals surface area contributed by atoms with E-state index in [0.717, 1.165) is 53.4 Å². The van der Waals surface area contributed by atoms with Crippen LogP contribution in [-0.2, 0) is 23.1 Å². The van der Waals surface area contributed by atoms with Gasteiger partial charge < -0.3 is 15.4 Å². The van der Waals surface area contributed by atoms with Gasteiger partial charge in [0.15, 0.2) is 10.9 Å². The number of rotatable bonds is 5. The first-order valence-electron chi connectivity index (χ1n) is 13.5. The Morgan fingerprint density at radius 3 is 2.49 bits per heavy atom. The number of anilines is 2. The number of hydrogen-bond acceptors (Lipinski definition) is 5. The van der Waals surface area contributed by atoms with Crippen LogP contribution in [0.4, 0.5) is 10.8 Å². The molecule has 5 aliphatic carbocycles. The maximum Gasteiger partial charge on any atom is 0.341 e. The largest absolute Gasteiger partial charge is 0.462 e. The minimum absolute atomic E-state index is 0.199. The molecule has 0 atom stereocenters. The highest BCUT2D eigenvalue weighted by Crippen LogP contribution is 2.58. The minimum Gasteiger partial charge on any atom is -0.462 e. The van der Waals surface area contributed by atoms with Gasteiger partial charge in [0.05, 0.1) is 17.7 Å². The van der Waals surface area contributed by atoms with Crippen molar-refractivity contribution in [1.82, 2.24) is 9.78 Å². The van der Waals surface area contributed by atoms with E-state index >= 15 is 0 Å². The second-order valence-electron chi connectivity index (χ2n) is 11.2. The zero-order valence-corrected chi connectivity index (χ0v) is 22.2. The van der Waals surface area contributed by atoms with Crippen LogP contribution in [0.25, 0.3) is 0 Å². The number of esters is 1. The normalized spacial score (nSPS) is 29.2. The van der Waals surface area contributed by atoms with Gasteiger partial charge in [-0.1, -0.05) is 12.8 Å². The molecule has 0 spiro atoms. The van der Waals surface area contributed by atoms with E-state index in [9.17, 15) is 4.79 Å². The smallest absolute Gasteiger partial charge is 0.341 e. The zero-order chi connectivity index (χ0) is 24.0. The summed E-state index contributed by atoms with van der Waals surface area (Å²) in [6, 6.07) is 2.03. The highest BCUT2D eigenvalue weighted by molar-refractivity contribution is 7.80. The molecule has 4 bridgehead atoms. The van der Waals surface area contributed by atoms with Gasteiger partial charge in [0, 0.05) is 17.1 Å². The third-order valence-corrected chi connectivity index (χ3v) is 10.1. The number of carbonyl (C=O) groups excluding carboxylic acids is 1. The molecule has 8 heteroatoms. The molecule has 0 saturated heterocycles. The van der Waals surface area contributed by atoms with Crippen LogP contribution in [0.2, 0.25) is 0 Å². The number of aryl methyl sites for hydroxylation is 1.